The molecule has 0 amide bonds. The molecular formula is C19H29NO. The van der Waals surface area contributed by atoms with Gasteiger partial charge in [-0.2, -0.15) is 0 Å². The van der Waals surface area contributed by atoms with Crippen molar-refractivity contribution in [2.75, 3.05) is 6.54 Å². The molecule has 0 heterocycles. The molecule has 2 saturated carbocycles. The van der Waals surface area contributed by atoms with Gasteiger partial charge in [0.05, 0.1) is 6.10 Å². The van der Waals surface area contributed by atoms with E-state index in [0.717, 1.165) is 18.2 Å². The molecule has 116 valence electrons. The summed E-state index contributed by atoms with van der Waals surface area (Å²) in [5, 5.41) is 3.66. The second-order valence-corrected chi connectivity index (χ2v) is 6.73. The van der Waals surface area contributed by atoms with E-state index in [-0.39, 0.29) is 0 Å². The summed E-state index contributed by atoms with van der Waals surface area (Å²) in [6, 6.07) is 9.23. The molecule has 0 saturated heterocycles. The number of benzene rings is 1. The van der Waals surface area contributed by atoms with E-state index in [1.807, 2.05) is 0 Å². The molecule has 2 heteroatoms. The lowest BCUT2D eigenvalue weighted by molar-refractivity contribution is 0.302. The summed E-state index contributed by atoms with van der Waals surface area (Å²) < 4.78 is 5.94. The maximum atomic E-state index is 5.94. The average molecular weight is 287 g/mol. The zero-order valence-corrected chi connectivity index (χ0v) is 13.3. The Hall–Kier alpha value is -1.02. The van der Waals surface area contributed by atoms with Gasteiger partial charge in [-0.3, -0.25) is 0 Å². The summed E-state index contributed by atoms with van der Waals surface area (Å²) in [5.74, 6) is 2.02. The third-order valence-electron chi connectivity index (χ3n) is 4.88. The molecule has 1 atom stereocenters. The topological polar surface area (TPSA) is 21.3 Å². The number of hydrogen-bond donors (Lipinski definition) is 1. The van der Waals surface area contributed by atoms with Crippen molar-refractivity contribution in [3.63, 3.8) is 0 Å². The van der Waals surface area contributed by atoms with Gasteiger partial charge in [-0.1, -0.05) is 44.7 Å². The molecule has 0 aromatic heterocycles. The van der Waals surface area contributed by atoms with E-state index < -0.39 is 0 Å². The van der Waals surface area contributed by atoms with Gasteiger partial charge in [0.25, 0.3) is 0 Å². The maximum absolute atomic E-state index is 5.94. The van der Waals surface area contributed by atoms with Crippen LogP contribution >= 0.6 is 0 Å². The normalized spacial score (nSPS) is 20.6. The monoisotopic (exact) mass is 287 g/mol. The summed E-state index contributed by atoms with van der Waals surface area (Å²) in [6.07, 6.45) is 11.3. The SMILES string of the molecule is CCNC(CCC1CCCC1)c1cccc(OC2CC2)c1. The second kappa shape index (κ2) is 7.31. The summed E-state index contributed by atoms with van der Waals surface area (Å²) in [7, 11) is 0. The molecule has 1 N–H and O–H groups in total. The van der Waals surface area contributed by atoms with Crippen LogP contribution in [0.25, 0.3) is 0 Å². The molecule has 1 aromatic rings. The van der Waals surface area contributed by atoms with Gasteiger partial charge in [0.2, 0.25) is 0 Å². The number of nitrogens with one attached hydrogen (secondary N) is 1. The van der Waals surface area contributed by atoms with E-state index in [4.69, 9.17) is 4.74 Å². The molecule has 2 fully saturated rings. The Morgan fingerprint density at radius 1 is 1.19 bits per heavy atom. The molecule has 0 spiro atoms. The molecule has 21 heavy (non-hydrogen) atoms. The van der Waals surface area contributed by atoms with Crippen LogP contribution in [0.3, 0.4) is 0 Å². The predicted molar refractivity (Wildman–Crippen MR) is 87.7 cm³/mol. The van der Waals surface area contributed by atoms with Crippen LogP contribution in [0.1, 0.15) is 69.9 Å². The first-order valence-corrected chi connectivity index (χ1v) is 8.85. The number of ether oxygens (including phenoxy) is 1. The van der Waals surface area contributed by atoms with Gasteiger partial charge in [0.15, 0.2) is 0 Å². The molecule has 2 aliphatic rings. The van der Waals surface area contributed by atoms with Crippen molar-refractivity contribution in [1.82, 2.24) is 5.32 Å². The van der Waals surface area contributed by atoms with Gasteiger partial charge in [-0.25, -0.2) is 0 Å². The van der Waals surface area contributed by atoms with Crippen LogP contribution in [0.15, 0.2) is 24.3 Å². The highest BCUT2D eigenvalue weighted by atomic mass is 16.5. The lowest BCUT2D eigenvalue weighted by atomic mass is 9.94. The zero-order chi connectivity index (χ0) is 14.5. The average Bonchev–Trinajstić information content (AvgIpc) is 3.16. The van der Waals surface area contributed by atoms with Gasteiger partial charge in [-0.05, 0) is 55.8 Å². The van der Waals surface area contributed by atoms with Gasteiger partial charge in [-0.15, -0.1) is 0 Å². The molecule has 1 unspecified atom stereocenters. The number of hydrogen-bond acceptors (Lipinski definition) is 2. The fourth-order valence-electron chi connectivity index (χ4n) is 3.52. The maximum Gasteiger partial charge on any atom is 0.120 e. The van der Waals surface area contributed by atoms with E-state index in [1.54, 1.807) is 0 Å². The highest BCUT2D eigenvalue weighted by Gasteiger charge is 2.24. The van der Waals surface area contributed by atoms with Crippen molar-refractivity contribution in [3.8, 4) is 5.75 Å². The lowest BCUT2D eigenvalue weighted by Gasteiger charge is -2.21. The van der Waals surface area contributed by atoms with Crippen molar-refractivity contribution in [2.45, 2.75) is 70.4 Å². The van der Waals surface area contributed by atoms with Crippen LogP contribution in [0.5, 0.6) is 5.75 Å². The first kappa shape index (κ1) is 14.9. The van der Waals surface area contributed by atoms with E-state index in [0.29, 0.717) is 12.1 Å². The van der Waals surface area contributed by atoms with Crippen molar-refractivity contribution < 1.29 is 4.74 Å². The molecule has 0 aliphatic heterocycles. The van der Waals surface area contributed by atoms with E-state index in [2.05, 4.69) is 36.5 Å². The molecule has 0 radical (unpaired) electrons. The molecule has 1 aromatic carbocycles. The standard InChI is InChI=1S/C19H29NO/c1-2-20-19(13-10-15-6-3-4-7-15)16-8-5-9-18(14-16)21-17-11-12-17/h5,8-9,14-15,17,19-20H,2-4,6-7,10-13H2,1H3. The third-order valence-corrected chi connectivity index (χ3v) is 4.88. The van der Waals surface area contributed by atoms with Crippen LogP contribution in [0.2, 0.25) is 0 Å². The largest absolute Gasteiger partial charge is 0.490 e. The molecule has 3 rings (SSSR count). The van der Waals surface area contributed by atoms with Crippen LogP contribution in [0.4, 0.5) is 0 Å². The number of rotatable bonds is 8. The Bertz CT molecular complexity index is 435. The summed E-state index contributed by atoms with van der Waals surface area (Å²) in [6.45, 7) is 3.23. The van der Waals surface area contributed by atoms with Gasteiger partial charge >= 0.3 is 0 Å². The predicted octanol–water partition coefficient (Wildman–Crippen LogP) is 4.85. The van der Waals surface area contributed by atoms with E-state index in [9.17, 15) is 0 Å². The van der Waals surface area contributed by atoms with Crippen LogP contribution in [0, 0.1) is 5.92 Å². The van der Waals surface area contributed by atoms with Crippen molar-refractivity contribution in [3.05, 3.63) is 29.8 Å². The van der Waals surface area contributed by atoms with Crippen molar-refractivity contribution in [2.24, 2.45) is 5.92 Å². The zero-order valence-electron chi connectivity index (χ0n) is 13.3. The van der Waals surface area contributed by atoms with E-state index in [1.165, 1.54) is 56.9 Å². The Kier molecular flexibility index (Phi) is 5.18. The molecular weight excluding hydrogens is 258 g/mol. The first-order valence-electron chi connectivity index (χ1n) is 8.85. The molecule has 2 nitrogen and oxygen atoms in total. The molecule has 2 aliphatic carbocycles. The lowest BCUT2D eigenvalue weighted by Crippen LogP contribution is -2.21. The Balaban J connectivity index is 1.60. The van der Waals surface area contributed by atoms with Gasteiger partial charge < -0.3 is 10.1 Å². The fourth-order valence-corrected chi connectivity index (χ4v) is 3.52. The quantitative estimate of drug-likeness (QED) is 0.738. The summed E-state index contributed by atoms with van der Waals surface area (Å²) >= 11 is 0. The molecule has 0 bridgehead atoms. The minimum absolute atomic E-state index is 0.483. The van der Waals surface area contributed by atoms with Crippen LogP contribution < -0.4 is 10.1 Å². The van der Waals surface area contributed by atoms with Gasteiger partial charge in [0, 0.05) is 6.04 Å². The van der Waals surface area contributed by atoms with Gasteiger partial charge in [0.1, 0.15) is 5.75 Å². The summed E-state index contributed by atoms with van der Waals surface area (Å²) in [5.41, 5.74) is 1.40. The Labute approximate surface area is 129 Å². The third kappa shape index (κ3) is 4.47. The smallest absolute Gasteiger partial charge is 0.120 e. The van der Waals surface area contributed by atoms with E-state index >= 15 is 0 Å². The second-order valence-electron chi connectivity index (χ2n) is 6.73. The van der Waals surface area contributed by atoms with Crippen LogP contribution in [-0.4, -0.2) is 12.6 Å². The minimum Gasteiger partial charge on any atom is -0.490 e. The fraction of sp³-hybridized carbons (Fsp3) is 0.684. The van der Waals surface area contributed by atoms with Crippen molar-refractivity contribution >= 4 is 0 Å². The van der Waals surface area contributed by atoms with Crippen molar-refractivity contribution in [1.29, 1.82) is 0 Å². The Morgan fingerprint density at radius 3 is 2.71 bits per heavy atom. The first-order chi connectivity index (χ1) is 10.3. The minimum atomic E-state index is 0.483. The highest BCUT2D eigenvalue weighted by molar-refractivity contribution is 5.31. The summed E-state index contributed by atoms with van der Waals surface area (Å²) in [4.78, 5) is 0. The highest BCUT2D eigenvalue weighted by Crippen LogP contribution is 2.33. The van der Waals surface area contributed by atoms with Crippen LogP contribution in [-0.2, 0) is 0 Å². The Morgan fingerprint density at radius 2 is 2.00 bits per heavy atom.